The first kappa shape index (κ1) is 14.4. The van der Waals surface area contributed by atoms with Crippen molar-refractivity contribution in [3.05, 3.63) is 0 Å². The van der Waals surface area contributed by atoms with Gasteiger partial charge in [0, 0.05) is 38.3 Å². The number of rotatable bonds is 4. The maximum Gasteiger partial charge on any atom is 0.320 e. The summed E-state index contributed by atoms with van der Waals surface area (Å²) in [4.78, 5) is 15.4. The largest absolute Gasteiger partial charge is 0.480 e. The third kappa shape index (κ3) is 4.61. The van der Waals surface area contributed by atoms with Crippen LogP contribution in [0.15, 0.2) is 0 Å². The van der Waals surface area contributed by atoms with Crippen LogP contribution in [0.4, 0.5) is 0 Å². The van der Waals surface area contributed by atoms with Crippen LogP contribution in [0, 0.1) is 0 Å². The smallest absolute Gasteiger partial charge is 0.320 e. The van der Waals surface area contributed by atoms with Crippen molar-refractivity contribution < 1.29 is 9.90 Å². The molecule has 0 spiro atoms. The number of hydrogen-bond acceptors (Lipinski definition) is 4. The molecule has 3 N–H and O–H groups in total. The van der Waals surface area contributed by atoms with Gasteiger partial charge in [-0.3, -0.25) is 9.69 Å². The molecule has 5 nitrogen and oxygen atoms in total. The molecule has 0 radical (unpaired) electrons. The molecule has 0 aromatic rings. The molecule has 1 unspecified atom stereocenters. The van der Waals surface area contributed by atoms with E-state index in [2.05, 4.69) is 30.6 Å². The summed E-state index contributed by atoms with van der Waals surface area (Å²) in [7, 11) is 0. The first-order valence-corrected chi connectivity index (χ1v) is 6.26. The fourth-order valence-electron chi connectivity index (χ4n) is 2.09. The molecule has 1 aliphatic heterocycles. The average Bonchev–Trinajstić information content (AvgIpc) is 2.25. The Labute approximate surface area is 104 Å². The van der Waals surface area contributed by atoms with Crippen LogP contribution in [0.25, 0.3) is 0 Å². The number of nitrogens with two attached hydrogens (primary N) is 1. The Bertz CT molecular complexity index is 255. The van der Waals surface area contributed by atoms with Gasteiger partial charge in [-0.1, -0.05) is 0 Å². The molecular formula is C12H25N3O2. The molecular weight excluding hydrogens is 218 g/mol. The fraction of sp³-hybridized carbons (Fsp3) is 0.917. The van der Waals surface area contributed by atoms with Crippen molar-refractivity contribution in [3.63, 3.8) is 0 Å². The molecule has 1 saturated heterocycles. The quantitative estimate of drug-likeness (QED) is 0.738. The van der Waals surface area contributed by atoms with Gasteiger partial charge < -0.3 is 15.7 Å². The van der Waals surface area contributed by atoms with Crippen LogP contribution in [0.3, 0.4) is 0 Å². The van der Waals surface area contributed by atoms with Crippen LogP contribution in [-0.4, -0.2) is 65.2 Å². The number of carbonyl (C=O) groups is 1. The molecule has 0 aromatic carbocycles. The lowest BCUT2D eigenvalue weighted by Crippen LogP contribution is -2.53. The van der Waals surface area contributed by atoms with Gasteiger partial charge in [-0.05, 0) is 27.2 Å². The Kier molecular flexibility index (Phi) is 4.91. The summed E-state index contributed by atoms with van der Waals surface area (Å²) in [6, 6.07) is -0.726. The van der Waals surface area contributed by atoms with Crippen molar-refractivity contribution in [2.75, 3.05) is 32.7 Å². The van der Waals surface area contributed by atoms with Crippen molar-refractivity contribution in [1.82, 2.24) is 9.80 Å². The number of carboxylic acids is 1. The molecule has 0 bridgehead atoms. The number of piperazine rings is 1. The van der Waals surface area contributed by atoms with E-state index in [0.29, 0.717) is 6.42 Å². The van der Waals surface area contributed by atoms with Gasteiger partial charge in [0.05, 0.1) is 0 Å². The monoisotopic (exact) mass is 243 g/mol. The van der Waals surface area contributed by atoms with Crippen molar-refractivity contribution >= 4 is 5.97 Å². The van der Waals surface area contributed by atoms with Crippen molar-refractivity contribution in [2.24, 2.45) is 5.73 Å². The lowest BCUT2D eigenvalue weighted by atomic mass is 10.0. The van der Waals surface area contributed by atoms with Gasteiger partial charge in [-0.2, -0.15) is 0 Å². The van der Waals surface area contributed by atoms with Gasteiger partial charge >= 0.3 is 5.97 Å². The minimum atomic E-state index is -0.904. The highest BCUT2D eigenvalue weighted by Crippen LogP contribution is 2.15. The topological polar surface area (TPSA) is 69.8 Å². The highest BCUT2D eigenvalue weighted by molar-refractivity contribution is 5.72. The van der Waals surface area contributed by atoms with Gasteiger partial charge in [0.25, 0.3) is 0 Å². The molecule has 5 heteroatoms. The third-order valence-electron chi connectivity index (χ3n) is 3.39. The maximum atomic E-state index is 10.6. The minimum absolute atomic E-state index is 0.226. The van der Waals surface area contributed by atoms with E-state index < -0.39 is 12.0 Å². The number of aliphatic carboxylic acids is 1. The van der Waals surface area contributed by atoms with E-state index in [1.165, 1.54) is 0 Å². The van der Waals surface area contributed by atoms with Gasteiger partial charge in [0.15, 0.2) is 0 Å². The Balaban J connectivity index is 2.26. The van der Waals surface area contributed by atoms with Crippen LogP contribution < -0.4 is 5.73 Å². The van der Waals surface area contributed by atoms with E-state index >= 15 is 0 Å². The summed E-state index contributed by atoms with van der Waals surface area (Å²) in [6.45, 7) is 11.6. The second kappa shape index (κ2) is 5.80. The summed E-state index contributed by atoms with van der Waals surface area (Å²) < 4.78 is 0. The van der Waals surface area contributed by atoms with Crippen LogP contribution in [-0.2, 0) is 4.79 Å². The Hall–Kier alpha value is -0.650. The van der Waals surface area contributed by atoms with Crippen LogP contribution >= 0.6 is 0 Å². The number of carboxylic acid groups (broad SMARTS) is 1. The van der Waals surface area contributed by atoms with Crippen LogP contribution in [0.2, 0.25) is 0 Å². The summed E-state index contributed by atoms with van der Waals surface area (Å²) >= 11 is 0. The zero-order chi connectivity index (χ0) is 13.1. The number of hydrogen-bond donors (Lipinski definition) is 2. The standard InChI is InChI=1S/C12H25N3O2/c1-12(2,3)15-8-6-14(7-9-15)5-4-10(13)11(16)17/h10H,4-9,13H2,1-3H3,(H,16,17). The molecule has 1 fully saturated rings. The highest BCUT2D eigenvalue weighted by Gasteiger charge is 2.26. The van der Waals surface area contributed by atoms with E-state index in [-0.39, 0.29) is 5.54 Å². The third-order valence-corrected chi connectivity index (χ3v) is 3.39. The first-order valence-electron chi connectivity index (χ1n) is 6.26. The molecule has 1 rings (SSSR count). The zero-order valence-corrected chi connectivity index (χ0v) is 11.1. The Morgan fingerprint density at radius 3 is 2.24 bits per heavy atom. The Morgan fingerprint density at radius 2 is 1.82 bits per heavy atom. The molecule has 0 aliphatic carbocycles. The molecule has 1 atom stereocenters. The minimum Gasteiger partial charge on any atom is -0.480 e. The molecule has 0 saturated carbocycles. The molecule has 17 heavy (non-hydrogen) atoms. The van der Waals surface area contributed by atoms with Crippen molar-refractivity contribution in [3.8, 4) is 0 Å². The van der Waals surface area contributed by atoms with Gasteiger partial charge in [0.1, 0.15) is 6.04 Å². The van der Waals surface area contributed by atoms with Gasteiger partial charge in [-0.25, -0.2) is 0 Å². The summed E-state index contributed by atoms with van der Waals surface area (Å²) in [5.74, 6) is -0.904. The lowest BCUT2D eigenvalue weighted by molar-refractivity contribution is -0.138. The summed E-state index contributed by atoms with van der Waals surface area (Å²) in [5.41, 5.74) is 5.72. The predicted molar refractivity (Wildman–Crippen MR) is 68.0 cm³/mol. The molecule has 0 amide bonds. The summed E-state index contributed by atoms with van der Waals surface area (Å²) in [5, 5.41) is 8.71. The Morgan fingerprint density at radius 1 is 1.29 bits per heavy atom. The lowest BCUT2D eigenvalue weighted by Gasteiger charge is -2.42. The SMILES string of the molecule is CC(C)(C)N1CCN(CCC(N)C(=O)O)CC1. The second-order valence-corrected chi connectivity index (χ2v) is 5.73. The van der Waals surface area contributed by atoms with E-state index in [1.807, 2.05) is 0 Å². The maximum absolute atomic E-state index is 10.6. The predicted octanol–water partition coefficient (Wildman–Crippen LogP) is 0.205. The van der Waals surface area contributed by atoms with E-state index in [9.17, 15) is 4.79 Å². The molecule has 1 heterocycles. The van der Waals surface area contributed by atoms with Crippen molar-refractivity contribution in [2.45, 2.75) is 38.8 Å². The average molecular weight is 243 g/mol. The molecule has 100 valence electrons. The normalized spacial score (nSPS) is 21.4. The zero-order valence-electron chi connectivity index (χ0n) is 11.1. The second-order valence-electron chi connectivity index (χ2n) is 5.73. The van der Waals surface area contributed by atoms with Gasteiger partial charge in [-0.15, -0.1) is 0 Å². The first-order chi connectivity index (χ1) is 7.80. The highest BCUT2D eigenvalue weighted by atomic mass is 16.4. The van der Waals surface area contributed by atoms with Crippen LogP contribution in [0.5, 0.6) is 0 Å². The molecule has 1 aliphatic rings. The number of nitrogens with zero attached hydrogens (tertiary/aromatic N) is 2. The van der Waals surface area contributed by atoms with E-state index in [0.717, 1.165) is 32.7 Å². The molecule has 0 aromatic heterocycles. The summed E-state index contributed by atoms with van der Waals surface area (Å²) in [6.07, 6.45) is 0.533. The van der Waals surface area contributed by atoms with E-state index in [1.54, 1.807) is 0 Å². The fourth-order valence-corrected chi connectivity index (χ4v) is 2.09. The van der Waals surface area contributed by atoms with E-state index in [4.69, 9.17) is 10.8 Å². The van der Waals surface area contributed by atoms with Crippen molar-refractivity contribution in [1.29, 1.82) is 0 Å². The van der Waals surface area contributed by atoms with Crippen LogP contribution in [0.1, 0.15) is 27.2 Å². The van der Waals surface area contributed by atoms with Gasteiger partial charge in [0.2, 0.25) is 0 Å².